The molecule has 1 aliphatic carbocycles. The summed E-state index contributed by atoms with van der Waals surface area (Å²) in [6.45, 7) is 3.52. The average Bonchev–Trinajstić information content (AvgIpc) is 3.47. The summed E-state index contributed by atoms with van der Waals surface area (Å²) in [7, 11) is -3.45. The highest BCUT2D eigenvalue weighted by molar-refractivity contribution is 7.89. The van der Waals surface area contributed by atoms with E-state index in [-0.39, 0.29) is 16.8 Å². The third kappa shape index (κ3) is 4.91. The zero-order chi connectivity index (χ0) is 21.1. The topological polar surface area (TPSA) is 78.5 Å². The minimum absolute atomic E-state index is 0.0790. The molecule has 30 heavy (non-hydrogen) atoms. The monoisotopic (exact) mass is 425 g/mol. The van der Waals surface area contributed by atoms with Gasteiger partial charge >= 0.3 is 0 Å². The molecule has 4 rings (SSSR count). The lowest BCUT2D eigenvalue weighted by Crippen LogP contribution is -2.37. The summed E-state index contributed by atoms with van der Waals surface area (Å²) < 4.78 is 27.0. The van der Waals surface area contributed by atoms with Gasteiger partial charge in [-0.3, -0.25) is 4.79 Å². The molecule has 1 heterocycles. The molecule has 1 fully saturated rings. The second kappa shape index (κ2) is 8.62. The molecule has 1 amide bonds. The van der Waals surface area contributed by atoms with Crippen LogP contribution in [-0.2, 0) is 21.2 Å². The van der Waals surface area contributed by atoms with Crippen LogP contribution in [0.25, 0.3) is 6.08 Å². The van der Waals surface area contributed by atoms with Crippen LogP contribution in [0.5, 0.6) is 0 Å². The molecule has 1 saturated carbocycles. The maximum atomic E-state index is 12.2. The first-order chi connectivity index (χ1) is 14.4. The fourth-order valence-electron chi connectivity index (χ4n) is 3.75. The number of para-hydroxylation sites is 1. The van der Waals surface area contributed by atoms with Crippen LogP contribution in [0.15, 0.2) is 59.5 Å². The SMILES string of the molecule is CC1Cc2ccccc2N1CCNC(=O)C=Cc1ccc(S(=O)(=O)NC2CC2)cc1. The van der Waals surface area contributed by atoms with E-state index in [4.69, 9.17) is 0 Å². The maximum Gasteiger partial charge on any atom is 0.244 e. The van der Waals surface area contributed by atoms with Crippen LogP contribution in [0.3, 0.4) is 0 Å². The molecular formula is C23H27N3O3S. The summed E-state index contributed by atoms with van der Waals surface area (Å²) in [4.78, 5) is 14.7. The van der Waals surface area contributed by atoms with Crippen molar-refractivity contribution in [3.8, 4) is 0 Å². The highest BCUT2D eigenvalue weighted by atomic mass is 32.2. The average molecular weight is 426 g/mol. The number of benzene rings is 2. The van der Waals surface area contributed by atoms with Crippen molar-refractivity contribution in [1.82, 2.24) is 10.0 Å². The van der Waals surface area contributed by atoms with Crippen LogP contribution in [0.1, 0.15) is 30.9 Å². The number of nitrogens with zero attached hydrogens (tertiary/aromatic N) is 1. The molecule has 2 aromatic rings. The first kappa shape index (κ1) is 20.6. The molecule has 1 atom stereocenters. The number of hydrogen-bond donors (Lipinski definition) is 2. The van der Waals surface area contributed by atoms with E-state index in [9.17, 15) is 13.2 Å². The van der Waals surface area contributed by atoms with Gasteiger partial charge in [0, 0.05) is 36.9 Å². The summed E-state index contributed by atoms with van der Waals surface area (Å²) in [6.07, 6.45) is 6.00. The quantitative estimate of drug-likeness (QED) is 0.638. The van der Waals surface area contributed by atoms with Crippen LogP contribution in [0.2, 0.25) is 0 Å². The Morgan fingerprint density at radius 2 is 1.87 bits per heavy atom. The van der Waals surface area contributed by atoms with Gasteiger partial charge in [-0.15, -0.1) is 0 Å². The van der Waals surface area contributed by atoms with Crippen molar-refractivity contribution in [3.05, 3.63) is 65.7 Å². The van der Waals surface area contributed by atoms with Crippen LogP contribution in [-0.4, -0.2) is 39.5 Å². The normalized spacial score (nSPS) is 18.6. The molecule has 6 nitrogen and oxygen atoms in total. The van der Waals surface area contributed by atoms with Gasteiger partial charge in [-0.05, 0) is 61.6 Å². The first-order valence-electron chi connectivity index (χ1n) is 10.4. The van der Waals surface area contributed by atoms with E-state index in [1.54, 1.807) is 30.3 Å². The molecule has 1 aliphatic heterocycles. The van der Waals surface area contributed by atoms with Gasteiger partial charge in [-0.1, -0.05) is 30.3 Å². The fraction of sp³-hybridized carbons (Fsp3) is 0.348. The van der Waals surface area contributed by atoms with Gasteiger partial charge < -0.3 is 10.2 Å². The summed E-state index contributed by atoms with van der Waals surface area (Å²) in [5.74, 6) is -0.165. The Balaban J connectivity index is 1.27. The van der Waals surface area contributed by atoms with Crippen LogP contribution in [0, 0.1) is 0 Å². The number of carbonyl (C=O) groups excluding carboxylic acids is 1. The predicted molar refractivity (Wildman–Crippen MR) is 119 cm³/mol. The largest absolute Gasteiger partial charge is 0.367 e. The van der Waals surface area contributed by atoms with E-state index < -0.39 is 10.0 Å². The van der Waals surface area contributed by atoms with Crippen molar-refractivity contribution in [2.45, 2.75) is 43.2 Å². The van der Waals surface area contributed by atoms with Crippen molar-refractivity contribution < 1.29 is 13.2 Å². The van der Waals surface area contributed by atoms with Gasteiger partial charge in [0.25, 0.3) is 0 Å². The van der Waals surface area contributed by atoms with E-state index in [1.807, 2.05) is 6.07 Å². The number of sulfonamides is 1. The smallest absolute Gasteiger partial charge is 0.244 e. The molecule has 2 aliphatic rings. The highest BCUT2D eigenvalue weighted by Crippen LogP contribution is 2.31. The van der Waals surface area contributed by atoms with Crippen molar-refractivity contribution in [2.24, 2.45) is 0 Å². The molecule has 1 unspecified atom stereocenters. The number of carbonyl (C=O) groups is 1. The molecule has 0 spiro atoms. The van der Waals surface area contributed by atoms with E-state index >= 15 is 0 Å². The number of amides is 1. The summed E-state index contributed by atoms with van der Waals surface area (Å²) in [5.41, 5.74) is 3.38. The molecule has 0 aromatic heterocycles. The lowest BCUT2D eigenvalue weighted by Gasteiger charge is -2.24. The third-order valence-electron chi connectivity index (χ3n) is 5.52. The van der Waals surface area contributed by atoms with Gasteiger partial charge in [-0.25, -0.2) is 13.1 Å². The first-order valence-corrected chi connectivity index (χ1v) is 11.8. The molecule has 0 saturated heterocycles. The van der Waals surface area contributed by atoms with Gasteiger partial charge in [0.05, 0.1) is 4.90 Å². The standard InChI is InChI=1S/C23H27N3O3S/c1-17-16-19-4-2-3-5-22(19)26(17)15-14-24-23(27)13-8-18-6-11-21(12-7-18)30(28,29)25-20-9-10-20/h2-8,11-13,17,20,25H,9-10,14-16H2,1H3,(H,24,27). The fourth-order valence-corrected chi connectivity index (χ4v) is 5.05. The molecule has 158 valence electrons. The minimum atomic E-state index is -3.45. The van der Waals surface area contributed by atoms with Crippen LogP contribution >= 0.6 is 0 Å². The van der Waals surface area contributed by atoms with Gasteiger partial charge in [0.15, 0.2) is 0 Å². The predicted octanol–water partition coefficient (Wildman–Crippen LogP) is 2.71. The highest BCUT2D eigenvalue weighted by Gasteiger charge is 2.28. The summed E-state index contributed by atoms with van der Waals surface area (Å²) in [5, 5.41) is 2.92. The number of fused-ring (bicyclic) bond motifs is 1. The van der Waals surface area contributed by atoms with E-state index in [2.05, 4.69) is 40.1 Å². The molecular weight excluding hydrogens is 398 g/mol. The maximum absolute atomic E-state index is 12.2. The number of rotatable bonds is 8. The lowest BCUT2D eigenvalue weighted by molar-refractivity contribution is -0.116. The van der Waals surface area contributed by atoms with Gasteiger partial charge in [0.1, 0.15) is 0 Å². The molecule has 2 N–H and O–H groups in total. The molecule has 7 heteroatoms. The van der Waals surface area contributed by atoms with Crippen molar-refractivity contribution in [3.63, 3.8) is 0 Å². The van der Waals surface area contributed by atoms with Crippen molar-refractivity contribution >= 4 is 27.7 Å². The van der Waals surface area contributed by atoms with E-state index in [1.165, 1.54) is 17.3 Å². The summed E-state index contributed by atoms with van der Waals surface area (Å²) >= 11 is 0. The van der Waals surface area contributed by atoms with E-state index in [0.717, 1.165) is 31.4 Å². The molecule has 0 radical (unpaired) electrons. The zero-order valence-corrected chi connectivity index (χ0v) is 17.9. The second-order valence-electron chi connectivity index (χ2n) is 7.96. The Kier molecular flexibility index (Phi) is 5.92. The van der Waals surface area contributed by atoms with Crippen molar-refractivity contribution in [2.75, 3.05) is 18.0 Å². The number of anilines is 1. The van der Waals surface area contributed by atoms with Gasteiger partial charge in [0.2, 0.25) is 15.9 Å². The Labute approximate surface area is 178 Å². The third-order valence-corrected chi connectivity index (χ3v) is 7.05. The molecule has 2 aromatic carbocycles. The Hall–Kier alpha value is -2.64. The minimum Gasteiger partial charge on any atom is -0.367 e. The van der Waals surface area contributed by atoms with Crippen LogP contribution < -0.4 is 14.9 Å². The zero-order valence-electron chi connectivity index (χ0n) is 17.0. The number of hydrogen-bond acceptors (Lipinski definition) is 4. The Bertz CT molecular complexity index is 1040. The van der Waals surface area contributed by atoms with Crippen LogP contribution in [0.4, 0.5) is 5.69 Å². The second-order valence-corrected chi connectivity index (χ2v) is 9.68. The lowest BCUT2D eigenvalue weighted by atomic mass is 10.1. The Morgan fingerprint density at radius 3 is 2.60 bits per heavy atom. The molecule has 0 bridgehead atoms. The Morgan fingerprint density at radius 1 is 1.13 bits per heavy atom. The van der Waals surface area contributed by atoms with E-state index in [0.29, 0.717) is 12.6 Å². The van der Waals surface area contributed by atoms with Gasteiger partial charge in [-0.2, -0.15) is 0 Å². The summed E-state index contributed by atoms with van der Waals surface area (Å²) in [6, 6.07) is 15.4. The number of nitrogens with one attached hydrogen (secondary N) is 2. The van der Waals surface area contributed by atoms with Crippen molar-refractivity contribution in [1.29, 1.82) is 0 Å².